The highest BCUT2D eigenvalue weighted by molar-refractivity contribution is 6.21. The average Bonchev–Trinajstić information content (AvgIpc) is 2.33. The first kappa shape index (κ1) is 15.5. The minimum Gasteiger partial charge on any atom is -0.302 e. The topological polar surface area (TPSA) is 3.24 Å². The Hall–Kier alpha value is -0.530. The zero-order valence-corrected chi connectivity index (χ0v) is 12.9. The molecule has 0 aliphatic heterocycles. The van der Waals surface area contributed by atoms with Gasteiger partial charge in [-0.15, -0.1) is 11.6 Å². The summed E-state index contributed by atoms with van der Waals surface area (Å²) in [6.07, 6.45) is 2.38. The van der Waals surface area contributed by atoms with Crippen LogP contribution in [-0.4, -0.2) is 24.5 Å². The monoisotopic (exact) mass is 267 g/mol. The Morgan fingerprint density at radius 1 is 1.06 bits per heavy atom. The van der Waals surface area contributed by atoms with E-state index in [4.69, 9.17) is 11.6 Å². The molecule has 0 radical (unpaired) electrons. The number of rotatable bonds is 7. The molecule has 1 aromatic rings. The molecule has 0 aliphatic carbocycles. The molecule has 18 heavy (non-hydrogen) atoms. The van der Waals surface area contributed by atoms with Crippen molar-refractivity contribution < 1.29 is 0 Å². The molecule has 0 fully saturated rings. The van der Waals surface area contributed by atoms with Gasteiger partial charge < -0.3 is 4.90 Å². The van der Waals surface area contributed by atoms with Gasteiger partial charge in [0.25, 0.3) is 0 Å². The van der Waals surface area contributed by atoms with Crippen LogP contribution in [0.2, 0.25) is 0 Å². The normalized spacial score (nSPS) is 13.0. The lowest BCUT2D eigenvalue weighted by atomic mass is 10.0. The molecular weight excluding hydrogens is 242 g/mol. The van der Waals surface area contributed by atoms with Gasteiger partial charge >= 0.3 is 0 Å². The molecule has 0 heterocycles. The molecule has 0 spiro atoms. The van der Waals surface area contributed by atoms with Gasteiger partial charge in [0.1, 0.15) is 0 Å². The lowest BCUT2D eigenvalue weighted by Crippen LogP contribution is -2.28. The van der Waals surface area contributed by atoms with Crippen molar-refractivity contribution in [3.05, 3.63) is 34.9 Å². The lowest BCUT2D eigenvalue weighted by molar-refractivity contribution is 0.275. The van der Waals surface area contributed by atoms with Crippen LogP contribution in [0.25, 0.3) is 0 Å². The summed E-state index contributed by atoms with van der Waals surface area (Å²) < 4.78 is 0. The Balaban J connectivity index is 2.67. The highest BCUT2D eigenvalue weighted by Gasteiger charge is 2.13. The van der Waals surface area contributed by atoms with Crippen molar-refractivity contribution in [1.29, 1.82) is 0 Å². The van der Waals surface area contributed by atoms with Crippen molar-refractivity contribution >= 4 is 11.6 Å². The van der Waals surface area contributed by atoms with E-state index in [2.05, 4.69) is 50.8 Å². The summed E-state index contributed by atoms with van der Waals surface area (Å²) in [5.41, 5.74) is 3.91. The zero-order chi connectivity index (χ0) is 13.5. The predicted molar refractivity (Wildman–Crippen MR) is 81.5 cm³/mol. The Kier molecular flexibility index (Phi) is 6.73. The van der Waals surface area contributed by atoms with Crippen LogP contribution in [-0.2, 0) is 0 Å². The SMILES string of the molecule is CCCN(CCC)CC(Cl)c1ccc(C)c(C)c1. The first-order valence-corrected chi connectivity index (χ1v) is 7.45. The van der Waals surface area contributed by atoms with Crippen LogP contribution >= 0.6 is 11.6 Å². The number of hydrogen-bond donors (Lipinski definition) is 0. The van der Waals surface area contributed by atoms with Crippen molar-refractivity contribution in [3.63, 3.8) is 0 Å². The Bertz CT molecular complexity index is 356. The molecule has 102 valence electrons. The molecule has 0 aliphatic rings. The summed E-state index contributed by atoms with van der Waals surface area (Å²) in [6, 6.07) is 6.56. The van der Waals surface area contributed by atoms with E-state index in [1.165, 1.54) is 29.5 Å². The molecular formula is C16H26ClN. The Labute approximate surface area is 117 Å². The molecule has 0 aromatic heterocycles. The van der Waals surface area contributed by atoms with Gasteiger partial charge in [0.05, 0.1) is 5.38 Å². The summed E-state index contributed by atoms with van der Waals surface area (Å²) in [5, 5.41) is 0.0994. The number of aryl methyl sites for hydroxylation is 2. The number of alkyl halides is 1. The van der Waals surface area contributed by atoms with Crippen LogP contribution in [0.15, 0.2) is 18.2 Å². The molecule has 1 aromatic carbocycles. The maximum atomic E-state index is 6.56. The number of benzene rings is 1. The zero-order valence-electron chi connectivity index (χ0n) is 12.2. The second kappa shape index (κ2) is 7.81. The van der Waals surface area contributed by atoms with Gasteiger partial charge in [-0.3, -0.25) is 0 Å². The van der Waals surface area contributed by atoms with Gasteiger partial charge in [0.15, 0.2) is 0 Å². The van der Waals surface area contributed by atoms with E-state index in [0.29, 0.717) is 0 Å². The van der Waals surface area contributed by atoms with Gasteiger partial charge in [-0.05, 0) is 56.5 Å². The molecule has 0 N–H and O–H groups in total. The van der Waals surface area contributed by atoms with Crippen molar-refractivity contribution in [2.75, 3.05) is 19.6 Å². The van der Waals surface area contributed by atoms with Crippen molar-refractivity contribution in [1.82, 2.24) is 4.90 Å². The van der Waals surface area contributed by atoms with Crippen LogP contribution in [0.3, 0.4) is 0 Å². The van der Waals surface area contributed by atoms with Gasteiger partial charge in [-0.1, -0.05) is 32.0 Å². The van der Waals surface area contributed by atoms with Crippen LogP contribution < -0.4 is 0 Å². The Morgan fingerprint density at radius 3 is 2.17 bits per heavy atom. The van der Waals surface area contributed by atoms with Crippen molar-refractivity contribution in [2.45, 2.75) is 45.9 Å². The van der Waals surface area contributed by atoms with Gasteiger partial charge in [-0.25, -0.2) is 0 Å². The molecule has 0 saturated heterocycles. The van der Waals surface area contributed by atoms with Crippen molar-refractivity contribution in [3.8, 4) is 0 Å². The minimum atomic E-state index is 0.0994. The number of hydrogen-bond acceptors (Lipinski definition) is 1. The summed E-state index contributed by atoms with van der Waals surface area (Å²) in [7, 11) is 0. The van der Waals surface area contributed by atoms with Gasteiger partial charge in [-0.2, -0.15) is 0 Å². The third-order valence-corrected chi connectivity index (χ3v) is 3.78. The number of halogens is 1. The fourth-order valence-corrected chi connectivity index (χ4v) is 2.55. The predicted octanol–water partition coefficient (Wildman–Crippen LogP) is 4.71. The fraction of sp³-hybridized carbons (Fsp3) is 0.625. The molecule has 1 atom stereocenters. The van der Waals surface area contributed by atoms with Crippen LogP contribution in [0.5, 0.6) is 0 Å². The standard InChI is InChI=1S/C16H26ClN/c1-5-9-18(10-6-2)12-16(17)15-8-7-13(3)14(4)11-15/h7-8,11,16H,5-6,9-10,12H2,1-4H3. The quantitative estimate of drug-likeness (QED) is 0.647. The van der Waals surface area contributed by atoms with Crippen LogP contribution in [0, 0.1) is 13.8 Å². The number of nitrogens with zero attached hydrogens (tertiary/aromatic N) is 1. The molecule has 2 heteroatoms. The Morgan fingerprint density at radius 2 is 1.67 bits per heavy atom. The first-order valence-electron chi connectivity index (χ1n) is 7.02. The summed E-state index contributed by atoms with van der Waals surface area (Å²) in [6.45, 7) is 12.0. The minimum absolute atomic E-state index is 0.0994. The van der Waals surface area contributed by atoms with Gasteiger partial charge in [0.2, 0.25) is 0 Å². The third kappa shape index (κ3) is 4.62. The highest BCUT2D eigenvalue weighted by atomic mass is 35.5. The van der Waals surface area contributed by atoms with E-state index >= 15 is 0 Å². The second-order valence-electron chi connectivity index (χ2n) is 5.11. The summed E-state index contributed by atoms with van der Waals surface area (Å²) in [5.74, 6) is 0. The van der Waals surface area contributed by atoms with E-state index in [1.54, 1.807) is 0 Å². The molecule has 1 nitrogen and oxygen atoms in total. The highest BCUT2D eigenvalue weighted by Crippen LogP contribution is 2.24. The van der Waals surface area contributed by atoms with Gasteiger partial charge in [0, 0.05) is 6.54 Å². The molecule has 0 bridgehead atoms. The largest absolute Gasteiger partial charge is 0.302 e. The maximum Gasteiger partial charge on any atom is 0.0712 e. The average molecular weight is 268 g/mol. The second-order valence-corrected chi connectivity index (χ2v) is 5.64. The first-order chi connectivity index (χ1) is 8.58. The third-order valence-electron chi connectivity index (χ3n) is 3.39. The van der Waals surface area contributed by atoms with E-state index in [-0.39, 0.29) is 5.38 Å². The molecule has 1 rings (SSSR count). The molecule has 1 unspecified atom stereocenters. The van der Waals surface area contributed by atoms with Crippen LogP contribution in [0.4, 0.5) is 0 Å². The summed E-state index contributed by atoms with van der Waals surface area (Å²) in [4.78, 5) is 2.47. The van der Waals surface area contributed by atoms with E-state index in [0.717, 1.165) is 19.6 Å². The van der Waals surface area contributed by atoms with E-state index < -0.39 is 0 Å². The fourth-order valence-electron chi connectivity index (χ4n) is 2.22. The molecule has 0 amide bonds. The molecule has 0 saturated carbocycles. The maximum absolute atomic E-state index is 6.56. The van der Waals surface area contributed by atoms with E-state index in [9.17, 15) is 0 Å². The van der Waals surface area contributed by atoms with Crippen LogP contribution in [0.1, 0.15) is 48.8 Å². The lowest BCUT2D eigenvalue weighted by Gasteiger charge is -2.24. The van der Waals surface area contributed by atoms with Crippen molar-refractivity contribution in [2.24, 2.45) is 0 Å². The smallest absolute Gasteiger partial charge is 0.0712 e. The van der Waals surface area contributed by atoms with E-state index in [1.807, 2.05) is 0 Å². The summed E-state index contributed by atoms with van der Waals surface area (Å²) >= 11 is 6.56.